The standard InChI is InChI=1S/C20H21N3/c1-13-5-7-16(8-6-13)9-10-19-22-18-12-15(3)14(2)11-17(18)20(21-4)23-19/h5-12H,1-4H3,(H,21,22,23)/b10-9+. The third-order valence-corrected chi connectivity index (χ3v) is 4.07. The SMILES string of the molecule is CNc1nc(/C=C/c2ccc(C)cc2)nc2cc(C)c(C)cc12. The van der Waals surface area contributed by atoms with Gasteiger partial charge in [0.1, 0.15) is 5.82 Å². The molecule has 0 unspecified atom stereocenters. The molecule has 0 spiro atoms. The third kappa shape index (κ3) is 3.24. The molecule has 0 amide bonds. The molecule has 3 heteroatoms. The van der Waals surface area contributed by atoms with Crippen molar-refractivity contribution in [2.75, 3.05) is 12.4 Å². The van der Waals surface area contributed by atoms with Crippen molar-refractivity contribution >= 4 is 28.9 Å². The number of nitrogens with zero attached hydrogens (tertiary/aromatic N) is 2. The van der Waals surface area contributed by atoms with E-state index in [1.54, 1.807) is 0 Å². The lowest BCUT2D eigenvalue weighted by molar-refractivity contribution is 1.17. The highest BCUT2D eigenvalue weighted by molar-refractivity contribution is 5.91. The lowest BCUT2D eigenvalue weighted by Crippen LogP contribution is -1.99. The predicted molar refractivity (Wildman–Crippen MR) is 98.7 cm³/mol. The lowest BCUT2D eigenvalue weighted by Gasteiger charge is -2.09. The molecule has 1 N–H and O–H groups in total. The van der Waals surface area contributed by atoms with Gasteiger partial charge in [-0.15, -0.1) is 0 Å². The first-order chi connectivity index (χ1) is 11.1. The molecule has 0 atom stereocenters. The van der Waals surface area contributed by atoms with Gasteiger partial charge in [0.25, 0.3) is 0 Å². The minimum atomic E-state index is 0.714. The lowest BCUT2D eigenvalue weighted by atomic mass is 10.1. The van der Waals surface area contributed by atoms with E-state index < -0.39 is 0 Å². The Morgan fingerprint density at radius 1 is 0.870 bits per heavy atom. The quantitative estimate of drug-likeness (QED) is 0.757. The van der Waals surface area contributed by atoms with Crippen molar-refractivity contribution in [3.63, 3.8) is 0 Å². The fourth-order valence-corrected chi connectivity index (χ4v) is 2.52. The Bertz CT molecular complexity index is 878. The van der Waals surface area contributed by atoms with Crippen LogP contribution in [0.2, 0.25) is 0 Å². The van der Waals surface area contributed by atoms with Crippen LogP contribution < -0.4 is 5.32 Å². The molecular formula is C20H21N3. The number of anilines is 1. The van der Waals surface area contributed by atoms with Crippen molar-refractivity contribution in [2.45, 2.75) is 20.8 Å². The summed E-state index contributed by atoms with van der Waals surface area (Å²) in [5.74, 6) is 1.58. The van der Waals surface area contributed by atoms with Gasteiger partial charge in [0.05, 0.1) is 5.52 Å². The first kappa shape index (κ1) is 15.2. The molecule has 0 saturated carbocycles. The highest BCUT2D eigenvalue weighted by Gasteiger charge is 2.07. The summed E-state index contributed by atoms with van der Waals surface area (Å²) in [5, 5.41) is 4.24. The Labute approximate surface area is 137 Å². The van der Waals surface area contributed by atoms with Crippen LogP contribution in [-0.2, 0) is 0 Å². The van der Waals surface area contributed by atoms with Crippen LogP contribution in [0.25, 0.3) is 23.1 Å². The molecule has 116 valence electrons. The van der Waals surface area contributed by atoms with Crippen LogP contribution in [0.15, 0.2) is 36.4 Å². The van der Waals surface area contributed by atoms with E-state index in [2.05, 4.69) is 72.5 Å². The van der Waals surface area contributed by atoms with Crippen molar-refractivity contribution in [3.05, 3.63) is 64.5 Å². The van der Waals surface area contributed by atoms with Gasteiger partial charge in [-0.25, -0.2) is 9.97 Å². The van der Waals surface area contributed by atoms with Gasteiger partial charge in [-0.3, -0.25) is 0 Å². The minimum absolute atomic E-state index is 0.714. The monoisotopic (exact) mass is 303 g/mol. The normalized spacial score (nSPS) is 11.3. The minimum Gasteiger partial charge on any atom is -0.373 e. The average Bonchev–Trinajstić information content (AvgIpc) is 2.55. The van der Waals surface area contributed by atoms with E-state index in [-0.39, 0.29) is 0 Å². The van der Waals surface area contributed by atoms with Gasteiger partial charge in [0.15, 0.2) is 5.82 Å². The largest absolute Gasteiger partial charge is 0.373 e. The number of benzene rings is 2. The smallest absolute Gasteiger partial charge is 0.154 e. The van der Waals surface area contributed by atoms with Crippen LogP contribution in [0.3, 0.4) is 0 Å². The van der Waals surface area contributed by atoms with E-state index in [0.717, 1.165) is 22.3 Å². The first-order valence-corrected chi connectivity index (χ1v) is 7.78. The van der Waals surface area contributed by atoms with Gasteiger partial charge in [0.2, 0.25) is 0 Å². The van der Waals surface area contributed by atoms with Crippen molar-refractivity contribution < 1.29 is 0 Å². The van der Waals surface area contributed by atoms with E-state index in [9.17, 15) is 0 Å². The zero-order chi connectivity index (χ0) is 16.4. The van der Waals surface area contributed by atoms with Crippen molar-refractivity contribution in [1.29, 1.82) is 0 Å². The molecule has 3 nitrogen and oxygen atoms in total. The number of fused-ring (bicyclic) bond motifs is 1. The maximum absolute atomic E-state index is 4.68. The first-order valence-electron chi connectivity index (χ1n) is 7.78. The Morgan fingerprint density at radius 3 is 2.26 bits per heavy atom. The fraction of sp³-hybridized carbons (Fsp3) is 0.200. The summed E-state index contributed by atoms with van der Waals surface area (Å²) < 4.78 is 0. The Balaban J connectivity index is 2.04. The summed E-state index contributed by atoms with van der Waals surface area (Å²) in [6.07, 6.45) is 4.00. The summed E-state index contributed by atoms with van der Waals surface area (Å²) in [5.41, 5.74) is 5.86. The molecule has 0 bridgehead atoms. The summed E-state index contributed by atoms with van der Waals surface area (Å²) in [7, 11) is 1.89. The molecule has 0 aliphatic carbocycles. The predicted octanol–water partition coefficient (Wildman–Crippen LogP) is 4.77. The molecule has 1 aromatic heterocycles. The molecule has 0 radical (unpaired) electrons. The number of rotatable bonds is 3. The highest BCUT2D eigenvalue weighted by Crippen LogP contribution is 2.24. The maximum Gasteiger partial charge on any atom is 0.154 e. The Morgan fingerprint density at radius 2 is 1.57 bits per heavy atom. The van der Waals surface area contributed by atoms with Crippen LogP contribution >= 0.6 is 0 Å². The van der Waals surface area contributed by atoms with Gasteiger partial charge in [-0.05, 0) is 55.7 Å². The molecule has 0 aliphatic rings. The molecule has 23 heavy (non-hydrogen) atoms. The zero-order valence-electron chi connectivity index (χ0n) is 14.0. The van der Waals surface area contributed by atoms with Crippen molar-refractivity contribution in [1.82, 2.24) is 9.97 Å². The second-order valence-corrected chi connectivity index (χ2v) is 5.88. The third-order valence-electron chi connectivity index (χ3n) is 4.07. The van der Waals surface area contributed by atoms with E-state index in [1.807, 2.05) is 19.2 Å². The van der Waals surface area contributed by atoms with E-state index in [4.69, 9.17) is 0 Å². The van der Waals surface area contributed by atoms with Gasteiger partial charge in [-0.2, -0.15) is 0 Å². The van der Waals surface area contributed by atoms with Crippen molar-refractivity contribution in [2.24, 2.45) is 0 Å². The molecule has 2 aromatic carbocycles. The average molecular weight is 303 g/mol. The summed E-state index contributed by atoms with van der Waals surface area (Å²) >= 11 is 0. The molecule has 3 aromatic rings. The summed E-state index contributed by atoms with van der Waals surface area (Å²) in [6, 6.07) is 12.7. The fourth-order valence-electron chi connectivity index (χ4n) is 2.52. The molecule has 3 rings (SSSR count). The molecular weight excluding hydrogens is 282 g/mol. The van der Waals surface area contributed by atoms with E-state index >= 15 is 0 Å². The number of nitrogens with one attached hydrogen (secondary N) is 1. The summed E-state index contributed by atoms with van der Waals surface area (Å²) in [4.78, 5) is 9.29. The topological polar surface area (TPSA) is 37.8 Å². The Hall–Kier alpha value is -2.68. The molecule has 0 aliphatic heterocycles. The number of hydrogen-bond acceptors (Lipinski definition) is 3. The second-order valence-electron chi connectivity index (χ2n) is 5.88. The maximum atomic E-state index is 4.68. The number of hydrogen-bond donors (Lipinski definition) is 1. The number of aryl methyl sites for hydroxylation is 3. The molecule has 0 fully saturated rings. The zero-order valence-corrected chi connectivity index (χ0v) is 14.0. The van der Waals surface area contributed by atoms with E-state index in [1.165, 1.54) is 16.7 Å². The van der Waals surface area contributed by atoms with Crippen LogP contribution in [0, 0.1) is 20.8 Å². The van der Waals surface area contributed by atoms with Crippen LogP contribution in [0.1, 0.15) is 28.1 Å². The van der Waals surface area contributed by atoms with Crippen LogP contribution in [0.5, 0.6) is 0 Å². The highest BCUT2D eigenvalue weighted by atomic mass is 15.0. The Kier molecular flexibility index (Phi) is 4.11. The van der Waals surface area contributed by atoms with Gasteiger partial charge < -0.3 is 5.32 Å². The summed E-state index contributed by atoms with van der Waals surface area (Å²) in [6.45, 7) is 6.31. The van der Waals surface area contributed by atoms with E-state index in [0.29, 0.717) is 5.82 Å². The molecule has 1 heterocycles. The van der Waals surface area contributed by atoms with Crippen LogP contribution in [-0.4, -0.2) is 17.0 Å². The molecule has 0 saturated heterocycles. The second kappa shape index (κ2) is 6.21. The van der Waals surface area contributed by atoms with Crippen LogP contribution in [0.4, 0.5) is 5.82 Å². The van der Waals surface area contributed by atoms with Gasteiger partial charge in [-0.1, -0.05) is 35.9 Å². The number of aromatic nitrogens is 2. The van der Waals surface area contributed by atoms with Gasteiger partial charge >= 0.3 is 0 Å². The van der Waals surface area contributed by atoms with Crippen molar-refractivity contribution in [3.8, 4) is 0 Å². The van der Waals surface area contributed by atoms with Gasteiger partial charge in [0, 0.05) is 12.4 Å².